The number of ether oxygens (including phenoxy) is 1. The molecule has 33 heavy (non-hydrogen) atoms. The maximum Gasteiger partial charge on any atom is 0.341 e. The molecule has 7 nitrogen and oxygen atoms in total. The Morgan fingerprint density at radius 3 is 2.30 bits per heavy atom. The van der Waals surface area contributed by atoms with Crippen LogP contribution in [0.2, 0.25) is 5.02 Å². The van der Waals surface area contributed by atoms with Crippen molar-refractivity contribution in [2.24, 2.45) is 0 Å². The summed E-state index contributed by atoms with van der Waals surface area (Å²) in [6, 6.07) is 7.81. The lowest BCUT2D eigenvalue weighted by Crippen LogP contribution is -2.50. The molecule has 0 atom stereocenters. The number of hydrogen-bond donors (Lipinski definition) is 1. The fourth-order valence-corrected chi connectivity index (χ4v) is 5.44. The number of carbonyl (C=O) groups excluding carboxylic acids is 2. The van der Waals surface area contributed by atoms with Crippen molar-refractivity contribution in [1.29, 1.82) is 0 Å². The van der Waals surface area contributed by atoms with E-state index in [0.29, 0.717) is 44.2 Å². The number of amides is 1. The molecule has 3 rings (SSSR count). The zero-order chi connectivity index (χ0) is 24.1. The van der Waals surface area contributed by atoms with E-state index >= 15 is 0 Å². The Kier molecular flexibility index (Phi) is 8.56. The third-order valence-electron chi connectivity index (χ3n) is 5.76. The number of anilines is 2. The van der Waals surface area contributed by atoms with Crippen LogP contribution in [-0.2, 0) is 4.74 Å². The van der Waals surface area contributed by atoms with Crippen molar-refractivity contribution >= 4 is 62.8 Å². The number of nitrogens with one attached hydrogen (secondary N) is 1. The molecule has 1 N–H and O–H groups in total. The number of methoxy groups -OCH3 is 1. The first-order valence-corrected chi connectivity index (χ1v) is 12.5. The maximum atomic E-state index is 13.0. The van der Waals surface area contributed by atoms with Gasteiger partial charge in [0.15, 0.2) is 5.11 Å². The van der Waals surface area contributed by atoms with Gasteiger partial charge in [0.1, 0.15) is 5.00 Å². The molecule has 2 aromatic rings. The van der Waals surface area contributed by atoms with Crippen LogP contribution < -0.4 is 10.2 Å². The van der Waals surface area contributed by atoms with Crippen molar-refractivity contribution in [2.75, 3.05) is 56.6 Å². The van der Waals surface area contributed by atoms with Gasteiger partial charge in [-0.25, -0.2) is 4.79 Å². The predicted molar refractivity (Wildman–Crippen MR) is 139 cm³/mol. The van der Waals surface area contributed by atoms with Crippen LogP contribution >= 0.6 is 35.2 Å². The minimum atomic E-state index is -0.486. The highest BCUT2D eigenvalue weighted by molar-refractivity contribution is 7.80. The molecular weight excluding hydrogens is 480 g/mol. The topological polar surface area (TPSA) is 65.1 Å². The molecule has 10 heteroatoms. The average molecular weight is 509 g/mol. The number of rotatable bonds is 6. The van der Waals surface area contributed by atoms with E-state index in [4.69, 9.17) is 28.6 Å². The summed E-state index contributed by atoms with van der Waals surface area (Å²) in [6.07, 6.45) is 0. The molecule has 0 spiro atoms. The molecule has 0 radical (unpaired) electrons. The Morgan fingerprint density at radius 2 is 1.76 bits per heavy atom. The van der Waals surface area contributed by atoms with Gasteiger partial charge < -0.3 is 24.8 Å². The SMILES string of the molecule is CCN(CC)C(=O)c1sc(NC(=S)N2CCN(c3ccc(Cl)cc3)CC2)c(C(=O)OC)c1C. The van der Waals surface area contributed by atoms with Crippen molar-refractivity contribution in [3.8, 4) is 0 Å². The first kappa shape index (κ1) is 25.3. The minimum Gasteiger partial charge on any atom is -0.465 e. The summed E-state index contributed by atoms with van der Waals surface area (Å²) in [5.74, 6) is -0.580. The van der Waals surface area contributed by atoms with Crippen molar-refractivity contribution in [3.05, 3.63) is 45.3 Å². The van der Waals surface area contributed by atoms with Gasteiger partial charge in [0.05, 0.1) is 17.6 Å². The van der Waals surface area contributed by atoms with Crippen LogP contribution in [0.1, 0.15) is 39.4 Å². The Morgan fingerprint density at radius 1 is 1.15 bits per heavy atom. The van der Waals surface area contributed by atoms with E-state index < -0.39 is 5.97 Å². The number of nitrogens with zero attached hydrogens (tertiary/aromatic N) is 3. The lowest BCUT2D eigenvalue weighted by molar-refractivity contribution is 0.0601. The predicted octanol–water partition coefficient (Wildman–Crippen LogP) is 4.50. The van der Waals surface area contributed by atoms with Crippen molar-refractivity contribution in [3.63, 3.8) is 0 Å². The van der Waals surface area contributed by atoms with Gasteiger partial charge in [-0.1, -0.05) is 11.6 Å². The van der Waals surface area contributed by atoms with Crippen molar-refractivity contribution in [1.82, 2.24) is 9.80 Å². The zero-order valence-electron chi connectivity index (χ0n) is 19.3. The van der Waals surface area contributed by atoms with Crippen LogP contribution in [0.5, 0.6) is 0 Å². The van der Waals surface area contributed by atoms with Crippen LogP contribution in [0.15, 0.2) is 24.3 Å². The average Bonchev–Trinajstić information content (AvgIpc) is 3.15. The largest absolute Gasteiger partial charge is 0.465 e. The Bertz CT molecular complexity index is 1010. The van der Waals surface area contributed by atoms with Gasteiger partial charge in [0, 0.05) is 50.0 Å². The molecule has 0 saturated carbocycles. The number of esters is 1. The van der Waals surface area contributed by atoms with Crippen LogP contribution in [0.3, 0.4) is 0 Å². The van der Waals surface area contributed by atoms with Gasteiger partial charge in [-0.15, -0.1) is 11.3 Å². The van der Waals surface area contributed by atoms with Gasteiger partial charge >= 0.3 is 5.97 Å². The number of benzene rings is 1. The van der Waals surface area contributed by atoms with E-state index in [-0.39, 0.29) is 5.91 Å². The summed E-state index contributed by atoms with van der Waals surface area (Å²) in [5, 5.41) is 5.00. The summed E-state index contributed by atoms with van der Waals surface area (Å²) in [5.41, 5.74) is 2.10. The molecule has 0 unspecified atom stereocenters. The normalized spacial score (nSPS) is 13.6. The molecule has 1 aromatic heterocycles. The third-order valence-corrected chi connectivity index (χ3v) is 7.57. The van der Waals surface area contributed by atoms with E-state index in [1.165, 1.54) is 18.4 Å². The zero-order valence-corrected chi connectivity index (χ0v) is 21.7. The highest BCUT2D eigenvalue weighted by Crippen LogP contribution is 2.35. The summed E-state index contributed by atoms with van der Waals surface area (Å²) in [6.45, 7) is 9.92. The van der Waals surface area contributed by atoms with Crippen molar-refractivity contribution in [2.45, 2.75) is 20.8 Å². The number of thiocarbonyl (C=S) groups is 1. The number of carbonyl (C=O) groups is 2. The molecule has 1 aliphatic rings. The Hall–Kier alpha value is -2.36. The first-order valence-electron chi connectivity index (χ1n) is 10.9. The molecule has 1 fully saturated rings. The minimum absolute atomic E-state index is 0.0943. The first-order chi connectivity index (χ1) is 15.8. The number of thiophene rings is 1. The van der Waals surface area contributed by atoms with E-state index in [0.717, 1.165) is 31.9 Å². The Balaban J connectivity index is 1.74. The molecule has 0 aliphatic carbocycles. The van der Waals surface area contributed by atoms with Gasteiger partial charge in [0.25, 0.3) is 5.91 Å². The van der Waals surface area contributed by atoms with Gasteiger partial charge in [-0.05, 0) is 62.8 Å². The molecule has 1 saturated heterocycles. The second-order valence-electron chi connectivity index (χ2n) is 7.61. The third kappa shape index (κ3) is 5.59. The van der Waals surface area contributed by atoms with E-state index in [2.05, 4.69) is 15.1 Å². The molecule has 1 aliphatic heterocycles. The molecule has 2 heterocycles. The molecular formula is C23H29ClN4O3S2. The van der Waals surface area contributed by atoms with Crippen LogP contribution in [0.4, 0.5) is 10.7 Å². The van der Waals surface area contributed by atoms with Crippen LogP contribution in [0.25, 0.3) is 0 Å². The lowest BCUT2D eigenvalue weighted by atomic mass is 10.1. The quantitative estimate of drug-likeness (QED) is 0.455. The summed E-state index contributed by atoms with van der Waals surface area (Å²) in [7, 11) is 1.34. The summed E-state index contributed by atoms with van der Waals surface area (Å²) < 4.78 is 4.99. The fraction of sp³-hybridized carbons (Fsp3) is 0.435. The Labute approximate surface area is 209 Å². The number of halogens is 1. The monoisotopic (exact) mass is 508 g/mol. The van der Waals surface area contributed by atoms with E-state index in [1.807, 2.05) is 38.1 Å². The second-order valence-corrected chi connectivity index (χ2v) is 9.45. The lowest BCUT2D eigenvalue weighted by Gasteiger charge is -2.37. The van der Waals surface area contributed by atoms with Gasteiger partial charge in [0.2, 0.25) is 0 Å². The van der Waals surface area contributed by atoms with E-state index in [9.17, 15) is 9.59 Å². The molecule has 0 bridgehead atoms. The number of piperazine rings is 1. The van der Waals surface area contributed by atoms with Crippen molar-refractivity contribution < 1.29 is 14.3 Å². The van der Waals surface area contributed by atoms with E-state index in [1.54, 1.807) is 11.8 Å². The fourth-order valence-electron chi connectivity index (χ4n) is 3.80. The molecule has 178 valence electrons. The standard InChI is InChI=1S/C23H29ClN4O3S2/c1-5-26(6-2)21(29)19-15(3)18(22(30)31-4)20(33-19)25-23(32)28-13-11-27(12-14-28)17-9-7-16(24)8-10-17/h7-10H,5-6,11-14H2,1-4H3,(H,25,32). The van der Waals surface area contributed by atoms with Crippen LogP contribution in [0, 0.1) is 6.92 Å². The second kappa shape index (κ2) is 11.2. The molecule has 1 aromatic carbocycles. The smallest absolute Gasteiger partial charge is 0.341 e. The highest BCUT2D eigenvalue weighted by Gasteiger charge is 2.28. The van der Waals surface area contributed by atoms with Crippen LogP contribution in [-0.4, -0.2) is 73.2 Å². The number of hydrogen-bond acceptors (Lipinski definition) is 6. The van der Waals surface area contributed by atoms with Gasteiger partial charge in [-0.2, -0.15) is 0 Å². The van der Waals surface area contributed by atoms with Gasteiger partial charge in [-0.3, -0.25) is 4.79 Å². The maximum absolute atomic E-state index is 13.0. The summed E-state index contributed by atoms with van der Waals surface area (Å²) in [4.78, 5) is 32.1. The molecule has 1 amide bonds. The summed E-state index contributed by atoms with van der Waals surface area (Å²) >= 11 is 12.9. The highest BCUT2D eigenvalue weighted by atomic mass is 35.5.